The summed E-state index contributed by atoms with van der Waals surface area (Å²) in [4.78, 5) is 12.8. The maximum atomic E-state index is 13.1. The lowest BCUT2D eigenvalue weighted by Crippen LogP contribution is -2.11. The molecule has 0 heterocycles. The van der Waals surface area contributed by atoms with Crippen molar-refractivity contribution in [1.29, 1.82) is 0 Å². The van der Waals surface area contributed by atoms with Gasteiger partial charge in [0.05, 0.1) is 12.8 Å². The third-order valence-corrected chi connectivity index (χ3v) is 2.94. The smallest absolute Gasteiger partial charge is 0.152 e. The summed E-state index contributed by atoms with van der Waals surface area (Å²) in [5, 5.41) is 0. The van der Waals surface area contributed by atoms with Crippen LogP contribution in [0.2, 0.25) is 0 Å². The Morgan fingerprint density at radius 3 is 2.42 bits per heavy atom. The highest BCUT2D eigenvalue weighted by Crippen LogP contribution is 2.28. The van der Waals surface area contributed by atoms with Gasteiger partial charge in [-0.05, 0) is 42.5 Å². The first-order valence-electron chi connectivity index (χ1n) is 5.78. The van der Waals surface area contributed by atoms with Gasteiger partial charge in [0.25, 0.3) is 0 Å². The van der Waals surface area contributed by atoms with E-state index in [9.17, 15) is 9.18 Å². The lowest BCUT2D eigenvalue weighted by atomic mass is 10.1. The van der Waals surface area contributed by atoms with E-state index in [0.717, 1.165) is 11.4 Å². The molecule has 0 radical (unpaired) electrons. The van der Waals surface area contributed by atoms with Gasteiger partial charge >= 0.3 is 0 Å². The zero-order chi connectivity index (χ0) is 13.8. The van der Waals surface area contributed by atoms with E-state index in [1.807, 2.05) is 36.2 Å². The predicted octanol–water partition coefficient (Wildman–Crippen LogP) is 3.41. The molecule has 2 aromatic rings. The topological polar surface area (TPSA) is 29.5 Å². The van der Waals surface area contributed by atoms with Crippen LogP contribution in [0, 0.1) is 5.82 Å². The number of benzene rings is 2. The molecule has 0 N–H and O–H groups in total. The van der Waals surface area contributed by atoms with Gasteiger partial charge in [0.2, 0.25) is 0 Å². The van der Waals surface area contributed by atoms with E-state index >= 15 is 0 Å². The molecule has 0 aliphatic heterocycles. The number of hydrogen-bond donors (Lipinski definition) is 0. The number of rotatable bonds is 4. The highest BCUT2D eigenvalue weighted by molar-refractivity contribution is 5.86. The third-order valence-electron chi connectivity index (χ3n) is 2.94. The second-order valence-electron chi connectivity index (χ2n) is 4.08. The molecule has 0 aliphatic rings. The fourth-order valence-corrected chi connectivity index (χ4v) is 1.87. The number of halogens is 1. The van der Waals surface area contributed by atoms with Crippen molar-refractivity contribution in [2.45, 2.75) is 0 Å². The molecule has 0 aliphatic carbocycles. The molecule has 2 rings (SSSR count). The fraction of sp³-hybridized carbons (Fsp3) is 0.133. The van der Waals surface area contributed by atoms with Gasteiger partial charge in [-0.3, -0.25) is 4.79 Å². The van der Waals surface area contributed by atoms with E-state index in [1.165, 1.54) is 12.1 Å². The molecule has 0 spiro atoms. The van der Waals surface area contributed by atoms with E-state index in [-0.39, 0.29) is 0 Å². The van der Waals surface area contributed by atoms with Crippen LogP contribution in [0.4, 0.5) is 15.8 Å². The predicted molar refractivity (Wildman–Crippen MR) is 72.8 cm³/mol. The highest BCUT2D eigenvalue weighted by Gasteiger charge is 2.10. The van der Waals surface area contributed by atoms with Gasteiger partial charge in [-0.1, -0.05) is 0 Å². The Morgan fingerprint density at radius 1 is 1.16 bits per heavy atom. The van der Waals surface area contributed by atoms with Gasteiger partial charge in [-0.15, -0.1) is 0 Å². The largest absolute Gasteiger partial charge is 0.497 e. The molecule has 4 heteroatoms. The number of methoxy groups -OCH3 is 1. The standard InChI is InChI=1S/C15H14FNO2/c1-17(13-4-6-14(19-2)7-5-13)15-8-3-12(16)9-11(15)10-18/h3-10H,1-2H3. The SMILES string of the molecule is COc1ccc(N(C)c2ccc(F)cc2C=O)cc1. The molecule has 3 nitrogen and oxygen atoms in total. The highest BCUT2D eigenvalue weighted by atomic mass is 19.1. The van der Waals surface area contributed by atoms with Crippen LogP contribution < -0.4 is 9.64 Å². The van der Waals surface area contributed by atoms with Gasteiger partial charge in [0.15, 0.2) is 6.29 Å². The third kappa shape index (κ3) is 2.73. The van der Waals surface area contributed by atoms with Crippen LogP contribution in [0.5, 0.6) is 5.75 Å². The van der Waals surface area contributed by atoms with E-state index in [2.05, 4.69) is 0 Å². The zero-order valence-electron chi connectivity index (χ0n) is 10.8. The summed E-state index contributed by atoms with van der Waals surface area (Å²) >= 11 is 0. The molecular formula is C15H14FNO2. The molecule has 2 aromatic carbocycles. The summed E-state index contributed by atoms with van der Waals surface area (Å²) in [7, 11) is 3.42. The first-order valence-corrected chi connectivity index (χ1v) is 5.78. The first-order chi connectivity index (χ1) is 9.15. The van der Waals surface area contributed by atoms with Crippen LogP contribution in [-0.2, 0) is 0 Å². The van der Waals surface area contributed by atoms with Crippen LogP contribution in [0.3, 0.4) is 0 Å². The minimum atomic E-state index is -0.422. The van der Waals surface area contributed by atoms with Gasteiger partial charge in [-0.2, -0.15) is 0 Å². The van der Waals surface area contributed by atoms with Crippen LogP contribution in [0.15, 0.2) is 42.5 Å². The van der Waals surface area contributed by atoms with Crippen LogP contribution in [0.25, 0.3) is 0 Å². The van der Waals surface area contributed by atoms with Crippen LogP contribution in [-0.4, -0.2) is 20.4 Å². The van der Waals surface area contributed by atoms with Crippen molar-refractivity contribution in [3.05, 3.63) is 53.8 Å². The number of anilines is 2. The Kier molecular flexibility index (Phi) is 3.80. The normalized spacial score (nSPS) is 10.1. The quantitative estimate of drug-likeness (QED) is 0.788. The van der Waals surface area contributed by atoms with Crippen molar-refractivity contribution >= 4 is 17.7 Å². The molecule has 0 bridgehead atoms. The number of nitrogens with zero attached hydrogens (tertiary/aromatic N) is 1. The number of aldehydes is 1. The summed E-state index contributed by atoms with van der Waals surface area (Å²) in [6, 6.07) is 11.5. The van der Waals surface area contributed by atoms with Crippen molar-refractivity contribution in [3.63, 3.8) is 0 Å². The van der Waals surface area contributed by atoms with E-state index in [1.54, 1.807) is 13.2 Å². The van der Waals surface area contributed by atoms with Gasteiger partial charge in [0, 0.05) is 18.3 Å². The van der Waals surface area contributed by atoms with Crippen molar-refractivity contribution < 1.29 is 13.9 Å². The van der Waals surface area contributed by atoms with Gasteiger partial charge < -0.3 is 9.64 Å². The Hall–Kier alpha value is -2.36. The summed E-state index contributed by atoms with van der Waals surface area (Å²) in [5.74, 6) is 0.334. The van der Waals surface area contributed by atoms with Crippen LogP contribution >= 0.6 is 0 Å². The average molecular weight is 259 g/mol. The number of ether oxygens (including phenoxy) is 1. The molecule has 98 valence electrons. The lowest BCUT2D eigenvalue weighted by Gasteiger charge is -2.21. The van der Waals surface area contributed by atoms with E-state index < -0.39 is 5.82 Å². The van der Waals surface area contributed by atoms with Crippen molar-refractivity contribution in [1.82, 2.24) is 0 Å². The molecule has 0 saturated carbocycles. The fourth-order valence-electron chi connectivity index (χ4n) is 1.87. The monoisotopic (exact) mass is 259 g/mol. The Balaban J connectivity index is 2.37. The van der Waals surface area contributed by atoms with Crippen molar-refractivity contribution in [2.24, 2.45) is 0 Å². The maximum absolute atomic E-state index is 13.1. The molecule has 19 heavy (non-hydrogen) atoms. The van der Waals surface area contributed by atoms with Gasteiger partial charge in [-0.25, -0.2) is 4.39 Å². The minimum Gasteiger partial charge on any atom is -0.497 e. The molecule has 0 fully saturated rings. The Morgan fingerprint density at radius 2 is 1.84 bits per heavy atom. The first kappa shape index (κ1) is 13.1. The number of hydrogen-bond acceptors (Lipinski definition) is 3. The number of carbonyl (C=O) groups excluding carboxylic acids is 1. The van der Waals surface area contributed by atoms with Gasteiger partial charge in [0.1, 0.15) is 11.6 Å². The molecular weight excluding hydrogens is 245 g/mol. The second kappa shape index (κ2) is 5.52. The summed E-state index contributed by atoms with van der Waals surface area (Å²) in [6.45, 7) is 0. The molecule has 0 unspecified atom stereocenters. The molecule has 0 aromatic heterocycles. The summed E-state index contributed by atoms with van der Waals surface area (Å²) < 4.78 is 18.2. The van der Waals surface area contributed by atoms with Crippen molar-refractivity contribution in [3.8, 4) is 5.75 Å². The molecule has 0 amide bonds. The number of carbonyl (C=O) groups is 1. The van der Waals surface area contributed by atoms with E-state index in [0.29, 0.717) is 17.5 Å². The molecule has 0 saturated heterocycles. The minimum absolute atomic E-state index is 0.318. The maximum Gasteiger partial charge on any atom is 0.152 e. The van der Waals surface area contributed by atoms with Crippen molar-refractivity contribution in [2.75, 3.05) is 19.1 Å². The zero-order valence-corrected chi connectivity index (χ0v) is 10.8. The Labute approximate surface area is 111 Å². The van der Waals surface area contributed by atoms with Crippen LogP contribution in [0.1, 0.15) is 10.4 Å². The lowest BCUT2D eigenvalue weighted by molar-refractivity contribution is 0.112. The summed E-state index contributed by atoms with van der Waals surface area (Å²) in [6.07, 6.45) is 0.651. The second-order valence-corrected chi connectivity index (χ2v) is 4.08. The average Bonchev–Trinajstić information content (AvgIpc) is 2.46. The summed E-state index contributed by atoms with van der Waals surface area (Å²) in [5.41, 5.74) is 1.86. The Bertz CT molecular complexity index is 581. The molecule has 0 atom stereocenters. The van der Waals surface area contributed by atoms with E-state index in [4.69, 9.17) is 4.74 Å².